The van der Waals surface area contributed by atoms with Crippen molar-refractivity contribution in [3.05, 3.63) is 50.9 Å². The fourth-order valence-corrected chi connectivity index (χ4v) is 2.38. The number of carbonyl (C=O) groups excluding carboxylic acids is 1. The van der Waals surface area contributed by atoms with Crippen molar-refractivity contribution in [2.45, 2.75) is 0 Å². The normalized spacial score (nSPS) is 9.75. The Kier molecular flexibility index (Phi) is 4.74. The molecule has 1 aromatic carbocycles. The van der Waals surface area contributed by atoms with E-state index in [0.29, 0.717) is 5.56 Å². The zero-order valence-corrected chi connectivity index (χ0v) is 11.8. The number of nitrogens with one attached hydrogen (secondary N) is 1. The van der Waals surface area contributed by atoms with Crippen LogP contribution >= 0.6 is 22.9 Å². The van der Waals surface area contributed by atoms with Crippen molar-refractivity contribution in [2.75, 3.05) is 11.9 Å². The van der Waals surface area contributed by atoms with E-state index in [-0.39, 0.29) is 17.3 Å². The molecule has 6 heteroatoms. The average molecular weight is 309 g/mol. The van der Waals surface area contributed by atoms with Crippen molar-refractivity contribution in [2.24, 2.45) is 5.73 Å². The Bertz CT molecular complexity index is 703. The summed E-state index contributed by atoms with van der Waals surface area (Å²) in [5, 5.41) is 4.08. The molecule has 1 heterocycles. The predicted molar refractivity (Wildman–Crippen MR) is 79.6 cm³/mol. The first-order valence-corrected chi connectivity index (χ1v) is 6.90. The summed E-state index contributed by atoms with van der Waals surface area (Å²) < 4.78 is 13.7. The lowest BCUT2D eigenvalue weighted by atomic mass is 10.2. The quantitative estimate of drug-likeness (QED) is 0.838. The molecule has 0 saturated carbocycles. The summed E-state index contributed by atoms with van der Waals surface area (Å²) in [5.41, 5.74) is 5.73. The minimum Gasteiger partial charge on any atom is -0.320 e. The minimum absolute atomic E-state index is 0.0392. The molecule has 0 aliphatic heterocycles. The molecule has 0 aliphatic rings. The van der Waals surface area contributed by atoms with Gasteiger partial charge in [-0.1, -0.05) is 29.5 Å². The Hall–Kier alpha value is -1.87. The van der Waals surface area contributed by atoms with Crippen LogP contribution in [0.1, 0.15) is 15.2 Å². The van der Waals surface area contributed by atoms with Gasteiger partial charge in [0.15, 0.2) is 5.82 Å². The lowest BCUT2D eigenvalue weighted by Gasteiger charge is -2.05. The lowest BCUT2D eigenvalue weighted by molar-refractivity contribution is 0.102. The smallest absolute Gasteiger partial charge is 0.256 e. The molecule has 0 fully saturated rings. The summed E-state index contributed by atoms with van der Waals surface area (Å²) in [6.45, 7) is 0.257. The number of amides is 1. The van der Waals surface area contributed by atoms with E-state index in [1.807, 2.05) is 0 Å². The summed E-state index contributed by atoms with van der Waals surface area (Å²) >= 11 is 6.98. The van der Waals surface area contributed by atoms with Gasteiger partial charge in [0.25, 0.3) is 5.91 Å². The number of anilines is 1. The Morgan fingerprint density at radius 1 is 1.50 bits per heavy atom. The van der Waals surface area contributed by atoms with Crippen molar-refractivity contribution < 1.29 is 9.18 Å². The van der Waals surface area contributed by atoms with Crippen LogP contribution in [0.4, 0.5) is 10.1 Å². The summed E-state index contributed by atoms with van der Waals surface area (Å²) in [4.78, 5) is 12.7. The molecule has 0 aliphatic carbocycles. The van der Waals surface area contributed by atoms with Crippen LogP contribution in [0.3, 0.4) is 0 Å². The highest BCUT2D eigenvalue weighted by atomic mass is 35.5. The summed E-state index contributed by atoms with van der Waals surface area (Å²) in [5.74, 6) is 4.47. The molecule has 102 valence electrons. The number of rotatable bonds is 2. The summed E-state index contributed by atoms with van der Waals surface area (Å²) in [7, 11) is 0. The second-order valence-corrected chi connectivity index (χ2v) is 5.08. The first-order valence-electron chi connectivity index (χ1n) is 5.64. The van der Waals surface area contributed by atoms with Gasteiger partial charge < -0.3 is 11.1 Å². The van der Waals surface area contributed by atoms with Gasteiger partial charge in [0.2, 0.25) is 0 Å². The van der Waals surface area contributed by atoms with Crippen LogP contribution in [0, 0.1) is 17.7 Å². The number of hydrogen-bond donors (Lipinski definition) is 2. The van der Waals surface area contributed by atoms with E-state index in [1.165, 1.54) is 23.5 Å². The monoisotopic (exact) mass is 308 g/mol. The molecule has 1 aromatic heterocycles. The maximum Gasteiger partial charge on any atom is 0.256 e. The summed E-state index contributed by atoms with van der Waals surface area (Å²) in [6, 6.07) is 6.05. The summed E-state index contributed by atoms with van der Waals surface area (Å²) in [6.07, 6.45) is 0. The number of thiophene rings is 1. The average Bonchev–Trinajstić information content (AvgIpc) is 2.90. The van der Waals surface area contributed by atoms with Gasteiger partial charge in [-0.3, -0.25) is 4.79 Å². The third-order valence-corrected chi connectivity index (χ3v) is 3.51. The number of halogens is 2. The van der Waals surface area contributed by atoms with E-state index in [4.69, 9.17) is 17.3 Å². The third kappa shape index (κ3) is 3.36. The van der Waals surface area contributed by atoms with E-state index >= 15 is 0 Å². The van der Waals surface area contributed by atoms with E-state index < -0.39 is 11.7 Å². The largest absolute Gasteiger partial charge is 0.320 e. The van der Waals surface area contributed by atoms with Crippen molar-refractivity contribution in [3.8, 4) is 11.8 Å². The molecule has 0 saturated heterocycles. The Labute approximate surface area is 124 Å². The maximum atomic E-state index is 13.7. The van der Waals surface area contributed by atoms with Gasteiger partial charge in [0, 0.05) is 5.38 Å². The van der Waals surface area contributed by atoms with Crippen LogP contribution in [0.15, 0.2) is 29.6 Å². The van der Waals surface area contributed by atoms with E-state index in [9.17, 15) is 9.18 Å². The number of nitrogens with two attached hydrogens (primary N) is 1. The Morgan fingerprint density at radius 3 is 3.05 bits per heavy atom. The molecule has 2 rings (SSSR count). The van der Waals surface area contributed by atoms with Crippen molar-refractivity contribution in [1.82, 2.24) is 0 Å². The molecule has 0 unspecified atom stereocenters. The molecule has 2 aromatic rings. The minimum atomic E-state index is -0.652. The second kappa shape index (κ2) is 6.53. The van der Waals surface area contributed by atoms with Gasteiger partial charge >= 0.3 is 0 Å². The molecule has 0 spiro atoms. The van der Waals surface area contributed by atoms with Crippen LogP contribution in [-0.2, 0) is 0 Å². The molecule has 3 N–H and O–H groups in total. The van der Waals surface area contributed by atoms with Crippen LogP contribution in [0.25, 0.3) is 0 Å². The van der Waals surface area contributed by atoms with Crippen molar-refractivity contribution in [3.63, 3.8) is 0 Å². The molecule has 0 bridgehead atoms. The van der Waals surface area contributed by atoms with E-state index in [0.717, 1.165) is 4.88 Å². The second-order valence-electron chi connectivity index (χ2n) is 3.76. The van der Waals surface area contributed by atoms with Crippen LogP contribution in [0.2, 0.25) is 5.02 Å². The molecule has 1 amide bonds. The van der Waals surface area contributed by atoms with Crippen molar-refractivity contribution >= 4 is 34.5 Å². The number of carbonyl (C=O) groups is 1. The fourth-order valence-electron chi connectivity index (χ4n) is 1.45. The van der Waals surface area contributed by atoms with Crippen molar-refractivity contribution in [1.29, 1.82) is 0 Å². The highest BCUT2D eigenvalue weighted by Gasteiger charge is 2.12. The third-order valence-electron chi connectivity index (χ3n) is 2.38. The topological polar surface area (TPSA) is 55.1 Å². The van der Waals surface area contributed by atoms with Crippen LogP contribution in [0.5, 0.6) is 0 Å². The zero-order valence-electron chi connectivity index (χ0n) is 10.2. The standard InChI is InChI=1S/C14H10ClFN2OS/c15-11-4-1-5-12(13(11)16)18-14(19)9-7-10(20-8-9)3-2-6-17/h1,4-5,7-8H,6,17H2,(H,18,19). The molecule has 3 nitrogen and oxygen atoms in total. The van der Waals surface area contributed by atoms with Gasteiger partial charge in [0.05, 0.1) is 27.7 Å². The maximum absolute atomic E-state index is 13.7. The van der Waals surface area contributed by atoms with E-state index in [2.05, 4.69) is 17.2 Å². The first kappa shape index (κ1) is 14.5. The highest BCUT2D eigenvalue weighted by Crippen LogP contribution is 2.23. The number of hydrogen-bond acceptors (Lipinski definition) is 3. The van der Waals surface area contributed by atoms with Gasteiger partial charge in [0.1, 0.15) is 0 Å². The van der Waals surface area contributed by atoms with E-state index in [1.54, 1.807) is 17.5 Å². The number of benzene rings is 1. The predicted octanol–water partition coefficient (Wildman–Crippen LogP) is 3.10. The first-order chi connectivity index (χ1) is 9.61. The molecular formula is C14H10ClFN2OS. The molecule has 20 heavy (non-hydrogen) atoms. The van der Waals surface area contributed by atoms with Gasteiger partial charge in [-0.2, -0.15) is 0 Å². The Morgan fingerprint density at radius 2 is 2.30 bits per heavy atom. The fraction of sp³-hybridized carbons (Fsp3) is 0.0714. The van der Waals surface area contributed by atoms with Gasteiger partial charge in [-0.15, -0.1) is 11.3 Å². The Balaban J connectivity index is 2.16. The zero-order chi connectivity index (χ0) is 14.5. The molecule has 0 radical (unpaired) electrons. The lowest BCUT2D eigenvalue weighted by Crippen LogP contribution is -2.12. The van der Waals surface area contributed by atoms with Crippen LogP contribution in [-0.4, -0.2) is 12.5 Å². The highest BCUT2D eigenvalue weighted by molar-refractivity contribution is 7.10. The van der Waals surface area contributed by atoms with Crippen LogP contribution < -0.4 is 11.1 Å². The SMILES string of the molecule is NCC#Cc1cc(C(=O)Nc2cccc(Cl)c2F)cs1. The molecular weight excluding hydrogens is 299 g/mol. The van der Waals surface area contributed by atoms with Gasteiger partial charge in [-0.25, -0.2) is 4.39 Å². The van der Waals surface area contributed by atoms with Gasteiger partial charge in [-0.05, 0) is 18.2 Å². The molecule has 0 atom stereocenters.